The number of hydrogen-bond acceptors (Lipinski definition) is 6. The fourth-order valence-electron chi connectivity index (χ4n) is 0. The number of hydrogen-bond donors (Lipinski definition) is 2. The summed E-state index contributed by atoms with van der Waals surface area (Å²) in [4.78, 5) is 0. The molecule has 0 aliphatic carbocycles. The third kappa shape index (κ3) is 74300000. The van der Waals surface area contributed by atoms with Gasteiger partial charge in [0.15, 0.2) is 20.6 Å². The molecular formula is H16N2NiO12S2. The zero-order chi connectivity index (χ0) is 9.00. The first-order valence-electron chi connectivity index (χ1n) is 1.47. The van der Waals surface area contributed by atoms with Crippen LogP contribution in [0.4, 0.5) is 0 Å². The van der Waals surface area contributed by atoms with Gasteiger partial charge in [-0.25, -0.2) is 27.1 Å². The molecule has 0 fully saturated rings. The predicted octanol–water partition coefficient (Wildman–Crippen LogP) is -8.14. The Morgan fingerprint density at radius 2 is 0.588 bits per heavy atom. The molecule has 120 valence electrons. The minimum atomic E-state index is -4.42. The molecule has 0 aliphatic rings. The molecule has 0 radical (unpaired) electrons. The van der Waals surface area contributed by atoms with Crippen LogP contribution in [0.25, 0.3) is 0 Å². The van der Waals surface area contributed by atoms with Gasteiger partial charge in [0.05, 0.1) is 0 Å². The molecular weight excluding hydrogens is 343 g/mol. The molecule has 16 N–H and O–H groups in total. The second-order valence-corrected chi connectivity index (χ2v) is 2.96. The Kier molecular flexibility index (Phi) is 100. The Hall–Kier alpha value is -0.00649. The third-order valence-corrected chi connectivity index (χ3v) is 0. The molecule has 0 aromatic rings. The monoisotopic (exact) mass is 358 g/mol. The van der Waals surface area contributed by atoms with Crippen molar-refractivity contribution in [2.24, 2.45) is 10.3 Å². The van der Waals surface area contributed by atoms with Crippen molar-refractivity contribution in [1.82, 2.24) is 0 Å². The molecule has 14 nitrogen and oxygen atoms in total. The van der Waals surface area contributed by atoms with E-state index < -0.39 is 20.6 Å². The molecule has 0 bridgehead atoms. The van der Waals surface area contributed by atoms with Gasteiger partial charge in [-0.15, -0.1) is 0 Å². The third-order valence-electron chi connectivity index (χ3n) is 0. The summed E-state index contributed by atoms with van der Waals surface area (Å²) in [6.45, 7) is 0. The summed E-state index contributed by atoms with van der Waals surface area (Å²) in [7, 11) is -8.83. The Labute approximate surface area is 107 Å². The van der Waals surface area contributed by atoms with E-state index in [1.54, 1.807) is 0 Å². The van der Waals surface area contributed by atoms with Crippen LogP contribution in [0.5, 0.6) is 0 Å². The summed E-state index contributed by atoms with van der Waals surface area (Å²) in [5.41, 5.74) is 0. The molecule has 0 amide bonds. The second-order valence-electron chi connectivity index (χ2n) is 0.986. The SMILES string of the molecule is NS(=O)(=O)[O-].NS(=O)(=O)[O-].O.O.O.O.O.O.[Ni+2]. The van der Waals surface area contributed by atoms with Crippen LogP contribution in [-0.4, -0.2) is 58.8 Å². The quantitative estimate of drug-likeness (QED) is 0.312. The van der Waals surface area contributed by atoms with Gasteiger partial charge in [-0.05, 0) is 0 Å². The normalized spacial score (nSPS) is 6.82. The van der Waals surface area contributed by atoms with E-state index in [-0.39, 0.29) is 49.3 Å². The minimum Gasteiger partial charge on any atom is -0.736 e. The summed E-state index contributed by atoms with van der Waals surface area (Å²) in [5.74, 6) is 0. The number of nitrogens with two attached hydrogens (primary N) is 2. The summed E-state index contributed by atoms with van der Waals surface area (Å²) in [6, 6.07) is 0. The molecule has 17 heteroatoms. The van der Waals surface area contributed by atoms with Crippen LogP contribution in [0.3, 0.4) is 0 Å². The van der Waals surface area contributed by atoms with Crippen LogP contribution in [0.1, 0.15) is 0 Å². The average Bonchev–Trinajstić information content (AvgIpc) is 1.12. The Morgan fingerprint density at radius 1 is 0.588 bits per heavy atom. The molecule has 0 unspecified atom stereocenters. The van der Waals surface area contributed by atoms with Crippen molar-refractivity contribution in [2.45, 2.75) is 0 Å². The van der Waals surface area contributed by atoms with Gasteiger partial charge in [-0.1, -0.05) is 0 Å². The maximum absolute atomic E-state index is 8.85. The number of rotatable bonds is 0. The van der Waals surface area contributed by atoms with Crippen molar-refractivity contribution in [3.8, 4) is 0 Å². The molecule has 0 aliphatic heterocycles. The molecule has 17 heavy (non-hydrogen) atoms. The molecule has 0 aromatic carbocycles. The van der Waals surface area contributed by atoms with E-state index in [1.165, 1.54) is 0 Å². The minimum absolute atomic E-state index is 0. The summed E-state index contributed by atoms with van der Waals surface area (Å²) >= 11 is 0. The molecule has 0 aromatic heterocycles. The fraction of sp³-hybridized carbons (Fsp3) is 0. The van der Waals surface area contributed by atoms with Crippen molar-refractivity contribution in [3.63, 3.8) is 0 Å². The molecule has 0 spiro atoms. The molecule has 0 atom stereocenters. The van der Waals surface area contributed by atoms with Crippen LogP contribution < -0.4 is 10.3 Å². The van der Waals surface area contributed by atoms with E-state index in [9.17, 15) is 0 Å². The molecule has 0 rings (SSSR count). The fourth-order valence-corrected chi connectivity index (χ4v) is 0. The summed E-state index contributed by atoms with van der Waals surface area (Å²) in [6.07, 6.45) is 0. The largest absolute Gasteiger partial charge is 2.00 e. The Bertz CT molecular complexity index is 219. The van der Waals surface area contributed by atoms with Crippen molar-refractivity contribution >= 4 is 20.6 Å². The van der Waals surface area contributed by atoms with E-state index in [4.69, 9.17) is 25.9 Å². The zero-order valence-electron chi connectivity index (χ0n) is 7.74. The van der Waals surface area contributed by atoms with Crippen molar-refractivity contribution in [2.75, 3.05) is 0 Å². The van der Waals surface area contributed by atoms with E-state index in [1.807, 2.05) is 0 Å². The van der Waals surface area contributed by atoms with Crippen LogP contribution in [-0.2, 0) is 37.1 Å². The summed E-state index contributed by atoms with van der Waals surface area (Å²) in [5, 5.41) is 7.54. The first kappa shape index (κ1) is 68.0. The van der Waals surface area contributed by atoms with E-state index in [0.717, 1.165) is 0 Å². The van der Waals surface area contributed by atoms with Crippen LogP contribution in [0.2, 0.25) is 0 Å². The van der Waals surface area contributed by atoms with Gasteiger partial charge in [0.2, 0.25) is 0 Å². The average molecular weight is 359 g/mol. The van der Waals surface area contributed by atoms with Crippen molar-refractivity contribution in [3.05, 3.63) is 0 Å². The Morgan fingerprint density at radius 3 is 0.588 bits per heavy atom. The van der Waals surface area contributed by atoms with Gasteiger partial charge in [-0.3, -0.25) is 0 Å². The maximum Gasteiger partial charge on any atom is 2.00 e. The van der Waals surface area contributed by atoms with Gasteiger partial charge in [0.1, 0.15) is 0 Å². The standard InChI is InChI=1S/2H3NO3S.Ni.6H2O/c2*1-5(2,3)4;;;;;;;/h2*(H3,1,2,3,4);;6*1H2/q;;+2;;;;;;/p-2. The van der Waals surface area contributed by atoms with Gasteiger partial charge < -0.3 is 42.0 Å². The van der Waals surface area contributed by atoms with E-state index in [2.05, 4.69) is 10.3 Å². The van der Waals surface area contributed by atoms with Crippen molar-refractivity contribution in [1.29, 1.82) is 0 Å². The van der Waals surface area contributed by atoms with Gasteiger partial charge in [0, 0.05) is 0 Å². The smallest absolute Gasteiger partial charge is 0.736 e. The Balaban J connectivity index is -0.00000000762. The van der Waals surface area contributed by atoms with Crippen LogP contribution >= 0.6 is 0 Å². The van der Waals surface area contributed by atoms with Crippen LogP contribution in [0.15, 0.2) is 0 Å². The first-order chi connectivity index (χ1) is 4.00. The zero-order valence-corrected chi connectivity index (χ0v) is 10.4. The van der Waals surface area contributed by atoms with E-state index >= 15 is 0 Å². The van der Waals surface area contributed by atoms with Gasteiger partial charge >= 0.3 is 16.5 Å². The second kappa shape index (κ2) is 25.0. The molecule has 0 heterocycles. The predicted molar refractivity (Wildman–Crippen MR) is 49.5 cm³/mol. The van der Waals surface area contributed by atoms with Crippen LogP contribution in [0, 0.1) is 0 Å². The van der Waals surface area contributed by atoms with Crippen molar-refractivity contribution < 1.29 is 75.3 Å². The van der Waals surface area contributed by atoms with Gasteiger partial charge in [0.25, 0.3) is 0 Å². The molecule has 0 saturated carbocycles. The topological polar surface area (TPSA) is 355 Å². The van der Waals surface area contributed by atoms with Gasteiger partial charge in [-0.2, -0.15) is 0 Å². The summed E-state index contributed by atoms with van der Waals surface area (Å²) < 4.78 is 53.1. The first-order valence-corrected chi connectivity index (χ1v) is 4.41. The van der Waals surface area contributed by atoms with E-state index in [0.29, 0.717) is 0 Å². The maximum atomic E-state index is 8.85. The molecule has 0 saturated heterocycles.